The second-order valence-corrected chi connectivity index (χ2v) is 2.34. The lowest BCUT2D eigenvalue weighted by molar-refractivity contribution is -0.142. The molecule has 1 heterocycles. The molecule has 0 aliphatic rings. The van der Waals surface area contributed by atoms with Gasteiger partial charge in [-0.15, -0.1) is 4.91 Å². The van der Waals surface area contributed by atoms with Crippen molar-refractivity contribution >= 4 is 11.7 Å². The van der Waals surface area contributed by atoms with Crippen LogP contribution in [0.2, 0.25) is 0 Å². The number of ether oxygens (including phenoxy) is 1. The Kier molecular flexibility index (Phi) is 3.08. The summed E-state index contributed by atoms with van der Waals surface area (Å²) in [6.45, 7) is 1.27. The van der Waals surface area contributed by atoms with Crippen LogP contribution >= 0.6 is 0 Å². The summed E-state index contributed by atoms with van der Waals surface area (Å²) in [4.78, 5) is 24.5. The van der Waals surface area contributed by atoms with Crippen LogP contribution in [0.25, 0.3) is 0 Å². The maximum absolute atomic E-state index is 10.5. The van der Waals surface area contributed by atoms with Crippen LogP contribution < -0.4 is 0 Å². The van der Waals surface area contributed by atoms with Crippen molar-refractivity contribution in [2.24, 2.45) is 5.18 Å². The number of carbonyl (C=O) groups is 1. The first-order chi connectivity index (χ1) is 6.24. The van der Waals surface area contributed by atoms with Gasteiger partial charge >= 0.3 is 5.97 Å². The molecule has 0 aliphatic heterocycles. The highest BCUT2D eigenvalue weighted by molar-refractivity contribution is 5.66. The van der Waals surface area contributed by atoms with Crippen LogP contribution in [0.5, 0.6) is 0 Å². The molecule has 5 heteroatoms. The molecule has 0 aliphatic carbocycles. The molecule has 1 aromatic heterocycles. The van der Waals surface area contributed by atoms with Crippen LogP contribution in [0, 0.1) is 4.91 Å². The highest BCUT2D eigenvalue weighted by atomic mass is 16.5. The van der Waals surface area contributed by atoms with Crippen molar-refractivity contribution in [2.75, 3.05) is 0 Å². The van der Waals surface area contributed by atoms with Gasteiger partial charge in [-0.3, -0.25) is 9.78 Å². The number of esters is 1. The van der Waals surface area contributed by atoms with Gasteiger partial charge in [-0.1, -0.05) is 0 Å². The molecule has 0 saturated carbocycles. The molecule has 1 rings (SSSR count). The predicted octanol–water partition coefficient (Wildman–Crippen LogP) is 1.54. The van der Waals surface area contributed by atoms with E-state index in [1.54, 1.807) is 6.07 Å². The largest absolute Gasteiger partial charge is 0.459 e. The molecule has 0 amide bonds. The van der Waals surface area contributed by atoms with Crippen molar-refractivity contribution in [1.82, 2.24) is 4.98 Å². The lowest BCUT2D eigenvalue weighted by Crippen LogP contribution is -2.00. The highest BCUT2D eigenvalue weighted by Gasteiger charge is 2.04. The van der Waals surface area contributed by atoms with E-state index in [1.807, 2.05) is 0 Å². The normalized spacial score (nSPS) is 9.31. The summed E-state index contributed by atoms with van der Waals surface area (Å²) in [7, 11) is 0. The number of pyridine rings is 1. The zero-order valence-electron chi connectivity index (χ0n) is 7.06. The van der Waals surface area contributed by atoms with Crippen molar-refractivity contribution in [1.29, 1.82) is 0 Å². The van der Waals surface area contributed by atoms with E-state index >= 15 is 0 Å². The molecule has 0 fully saturated rings. The number of rotatable bonds is 3. The quantitative estimate of drug-likeness (QED) is 0.522. The summed E-state index contributed by atoms with van der Waals surface area (Å²) in [5.41, 5.74) is 0.566. The second-order valence-electron chi connectivity index (χ2n) is 2.34. The number of hydrogen-bond donors (Lipinski definition) is 0. The van der Waals surface area contributed by atoms with Gasteiger partial charge in [0, 0.05) is 13.1 Å². The second kappa shape index (κ2) is 4.30. The minimum absolute atomic E-state index is 0.0166. The third kappa shape index (κ3) is 2.62. The summed E-state index contributed by atoms with van der Waals surface area (Å²) < 4.78 is 4.67. The van der Waals surface area contributed by atoms with E-state index in [0.29, 0.717) is 5.69 Å². The van der Waals surface area contributed by atoms with Gasteiger partial charge in [0.15, 0.2) is 0 Å². The summed E-state index contributed by atoms with van der Waals surface area (Å²) in [5, 5.41) is 2.74. The Bertz CT molecular complexity index is 325. The average molecular weight is 180 g/mol. The van der Waals surface area contributed by atoms with Crippen LogP contribution in [0.3, 0.4) is 0 Å². The first-order valence-corrected chi connectivity index (χ1v) is 3.64. The third-order valence-corrected chi connectivity index (χ3v) is 1.38. The predicted molar refractivity (Wildman–Crippen MR) is 45.2 cm³/mol. The van der Waals surface area contributed by atoms with Crippen LogP contribution in [-0.4, -0.2) is 11.0 Å². The van der Waals surface area contributed by atoms with Crippen molar-refractivity contribution in [3.8, 4) is 0 Å². The topological polar surface area (TPSA) is 68.6 Å². The molecule has 0 bridgehead atoms. The molecule has 13 heavy (non-hydrogen) atoms. The van der Waals surface area contributed by atoms with Gasteiger partial charge in [0.25, 0.3) is 0 Å². The first kappa shape index (κ1) is 9.31. The van der Waals surface area contributed by atoms with Gasteiger partial charge in [-0.05, 0) is 17.3 Å². The zero-order valence-corrected chi connectivity index (χ0v) is 7.06. The van der Waals surface area contributed by atoms with E-state index in [4.69, 9.17) is 0 Å². The van der Waals surface area contributed by atoms with Crippen LogP contribution in [0.1, 0.15) is 12.6 Å². The Morgan fingerprint density at radius 3 is 3.08 bits per heavy atom. The number of aromatic nitrogens is 1. The lowest BCUT2D eigenvalue weighted by atomic mass is 10.3. The number of carbonyl (C=O) groups excluding carboxylic acids is 1. The Morgan fingerprint density at radius 2 is 2.46 bits per heavy atom. The van der Waals surface area contributed by atoms with Crippen LogP contribution in [-0.2, 0) is 16.1 Å². The monoisotopic (exact) mass is 180 g/mol. The number of hydrogen-bond acceptors (Lipinski definition) is 5. The Morgan fingerprint density at radius 1 is 1.69 bits per heavy atom. The third-order valence-electron chi connectivity index (χ3n) is 1.38. The zero-order chi connectivity index (χ0) is 9.68. The van der Waals surface area contributed by atoms with Crippen LogP contribution in [0.15, 0.2) is 23.5 Å². The van der Waals surface area contributed by atoms with Crippen molar-refractivity contribution in [2.45, 2.75) is 13.5 Å². The molecule has 0 atom stereocenters. The highest BCUT2D eigenvalue weighted by Crippen LogP contribution is 2.15. The van der Waals surface area contributed by atoms with Gasteiger partial charge < -0.3 is 4.74 Å². The summed E-state index contributed by atoms with van der Waals surface area (Å²) >= 11 is 0. The lowest BCUT2D eigenvalue weighted by Gasteiger charge is -2.01. The average Bonchev–Trinajstić information content (AvgIpc) is 2.15. The molecule has 0 spiro atoms. The first-order valence-electron chi connectivity index (χ1n) is 3.64. The fourth-order valence-electron chi connectivity index (χ4n) is 0.794. The smallest absolute Gasteiger partial charge is 0.303 e. The van der Waals surface area contributed by atoms with E-state index in [0.717, 1.165) is 0 Å². The standard InChI is InChI=1S/C8H8N2O3/c1-6(11)13-5-8-7(10-12)3-2-4-9-8/h2-4H,5H2,1H3. The van der Waals surface area contributed by atoms with Crippen LogP contribution in [0.4, 0.5) is 5.69 Å². The van der Waals surface area contributed by atoms with E-state index in [-0.39, 0.29) is 12.3 Å². The molecule has 68 valence electrons. The van der Waals surface area contributed by atoms with Gasteiger partial charge in [0.1, 0.15) is 18.0 Å². The number of nitrogens with zero attached hydrogens (tertiary/aromatic N) is 2. The molecule has 0 N–H and O–H groups in total. The van der Waals surface area contributed by atoms with Crippen molar-refractivity contribution in [3.63, 3.8) is 0 Å². The molecule has 5 nitrogen and oxygen atoms in total. The molecular weight excluding hydrogens is 172 g/mol. The Labute approximate surface area is 74.7 Å². The molecule has 0 radical (unpaired) electrons. The van der Waals surface area contributed by atoms with Gasteiger partial charge in [-0.25, -0.2) is 0 Å². The molecule has 1 aromatic rings. The van der Waals surface area contributed by atoms with Gasteiger partial charge in [-0.2, -0.15) is 0 Å². The molecule has 0 aromatic carbocycles. The minimum atomic E-state index is -0.414. The maximum Gasteiger partial charge on any atom is 0.303 e. The van der Waals surface area contributed by atoms with E-state index in [9.17, 15) is 9.70 Å². The molecule has 0 unspecified atom stereocenters. The van der Waals surface area contributed by atoms with E-state index < -0.39 is 5.97 Å². The van der Waals surface area contributed by atoms with E-state index in [1.165, 1.54) is 19.2 Å². The SMILES string of the molecule is CC(=O)OCc1ncccc1N=O. The van der Waals surface area contributed by atoms with E-state index in [2.05, 4.69) is 14.9 Å². The van der Waals surface area contributed by atoms with Gasteiger partial charge in [0.05, 0.1) is 0 Å². The maximum atomic E-state index is 10.5. The summed E-state index contributed by atoms with van der Waals surface area (Å²) in [5.74, 6) is -0.414. The Balaban J connectivity index is 2.75. The van der Waals surface area contributed by atoms with Gasteiger partial charge in [0.2, 0.25) is 0 Å². The molecule has 0 saturated heterocycles. The summed E-state index contributed by atoms with van der Waals surface area (Å²) in [6.07, 6.45) is 1.51. The fraction of sp³-hybridized carbons (Fsp3) is 0.250. The Hall–Kier alpha value is -1.78. The fourth-order valence-corrected chi connectivity index (χ4v) is 0.794. The van der Waals surface area contributed by atoms with Crippen molar-refractivity contribution in [3.05, 3.63) is 28.9 Å². The summed E-state index contributed by atoms with van der Waals surface area (Å²) in [6, 6.07) is 3.10. The number of nitroso groups, excluding NO2 is 1. The minimum Gasteiger partial charge on any atom is -0.459 e. The van der Waals surface area contributed by atoms with Crippen molar-refractivity contribution < 1.29 is 9.53 Å². The molecular formula is C8H8N2O3.